The van der Waals surface area contributed by atoms with Crippen molar-refractivity contribution in [3.8, 4) is 11.5 Å². The molecule has 1 fully saturated rings. The Morgan fingerprint density at radius 1 is 1.35 bits per heavy atom. The predicted octanol–water partition coefficient (Wildman–Crippen LogP) is 0.889. The van der Waals surface area contributed by atoms with Crippen LogP contribution < -0.4 is 14.8 Å². The lowest BCUT2D eigenvalue weighted by Crippen LogP contribution is -2.30. The Labute approximate surface area is 99.3 Å². The lowest BCUT2D eigenvalue weighted by atomic mass is 10.2. The highest BCUT2D eigenvalue weighted by Crippen LogP contribution is 2.20. The highest BCUT2D eigenvalue weighted by Gasteiger charge is 2.30. The summed E-state index contributed by atoms with van der Waals surface area (Å²) in [7, 11) is 1.61. The van der Waals surface area contributed by atoms with Gasteiger partial charge in [0, 0.05) is 13.0 Å². The first-order valence-corrected chi connectivity index (χ1v) is 5.46. The average molecular weight is 237 g/mol. The van der Waals surface area contributed by atoms with Gasteiger partial charge in [0.15, 0.2) is 0 Å². The molecule has 2 rings (SSSR count). The molecule has 0 saturated carbocycles. The van der Waals surface area contributed by atoms with Gasteiger partial charge in [0.05, 0.1) is 7.11 Å². The Balaban J connectivity index is 1.91. The number of carboxylic acids is 1. The molecule has 1 aliphatic heterocycles. The normalized spacial score (nSPS) is 23.4. The third kappa shape index (κ3) is 2.88. The number of hydrogen-bond donors (Lipinski definition) is 2. The number of ether oxygens (including phenoxy) is 2. The second-order valence-electron chi connectivity index (χ2n) is 3.95. The number of aliphatic carboxylic acids is 1. The highest BCUT2D eigenvalue weighted by molar-refractivity contribution is 5.73. The van der Waals surface area contributed by atoms with E-state index in [-0.39, 0.29) is 6.10 Å². The molecule has 5 nitrogen and oxygen atoms in total. The number of methoxy groups -OCH3 is 1. The Morgan fingerprint density at radius 2 is 2.00 bits per heavy atom. The van der Waals surface area contributed by atoms with E-state index in [0.29, 0.717) is 13.0 Å². The van der Waals surface area contributed by atoms with Gasteiger partial charge in [-0.3, -0.25) is 4.79 Å². The highest BCUT2D eigenvalue weighted by atomic mass is 16.5. The number of benzene rings is 1. The van der Waals surface area contributed by atoms with Crippen molar-refractivity contribution in [2.45, 2.75) is 18.6 Å². The topological polar surface area (TPSA) is 67.8 Å². The molecule has 1 aromatic carbocycles. The van der Waals surface area contributed by atoms with Crippen LogP contribution in [0.5, 0.6) is 11.5 Å². The molecule has 0 aliphatic carbocycles. The molecule has 92 valence electrons. The van der Waals surface area contributed by atoms with Gasteiger partial charge in [-0.2, -0.15) is 0 Å². The van der Waals surface area contributed by atoms with Crippen LogP contribution >= 0.6 is 0 Å². The Bertz CT molecular complexity index is 390. The maximum absolute atomic E-state index is 10.7. The van der Waals surface area contributed by atoms with Gasteiger partial charge >= 0.3 is 5.97 Å². The molecule has 2 atom stereocenters. The molecule has 1 aliphatic rings. The van der Waals surface area contributed by atoms with Gasteiger partial charge in [0.25, 0.3) is 0 Å². The van der Waals surface area contributed by atoms with E-state index in [1.165, 1.54) is 0 Å². The van der Waals surface area contributed by atoms with Crippen LogP contribution in [0.1, 0.15) is 6.42 Å². The van der Waals surface area contributed by atoms with Crippen molar-refractivity contribution in [2.75, 3.05) is 13.7 Å². The van der Waals surface area contributed by atoms with Gasteiger partial charge < -0.3 is 19.9 Å². The van der Waals surface area contributed by atoms with Crippen LogP contribution in [-0.2, 0) is 4.79 Å². The van der Waals surface area contributed by atoms with Gasteiger partial charge in [-0.1, -0.05) is 0 Å². The van der Waals surface area contributed by atoms with E-state index in [9.17, 15) is 4.79 Å². The van der Waals surface area contributed by atoms with Crippen molar-refractivity contribution < 1.29 is 19.4 Å². The molecule has 17 heavy (non-hydrogen) atoms. The quantitative estimate of drug-likeness (QED) is 0.814. The van der Waals surface area contributed by atoms with Gasteiger partial charge in [-0.15, -0.1) is 0 Å². The molecule has 1 heterocycles. The summed E-state index contributed by atoms with van der Waals surface area (Å²) >= 11 is 0. The van der Waals surface area contributed by atoms with E-state index in [0.717, 1.165) is 11.5 Å². The van der Waals surface area contributed by atoms with Gasteiger partial charge in [0.2, 0.25) is 0 Å². The van der Waals surface area contributed by atoms with Crippen LogP contribution in [-0.4, -0.2) is 36.9 Å². The summed E-state index contributed by atoms with van der Waals surface area (Å²) in [6, 6.07) is 6.75. The molecule has 1 aromatic rings. The van der Waals surface area contributed by atoms with Gasteiger partial charge in [-0.25, -0.2) is 0 Å². The second kappa shape index (κ2) is 5.05. The fourth-order valence-electron chi connectivity index (χ4n) is 1.83. The summed E-state index contributed by atoms with van der Waals surface area (Å²) in [5.74, 6) is 0.666. The van der Waals surface area contributed by atoms with E-state index in [1.54, 1.807) is 7.11 Å². The molecule has 5 heteroatoms. The number of carboxylic acid groups (broad SMARTS) is 1. The molecular weight excluding hydrogens is 222 g/mol. The van der Waals surface area contributed by atoms with Crippen LogP contribution in [0.4, 0.5) is 0 Å². The summed E-state index contributed by atoms with van der Waals surface area (Å²) in [6.07, 6.45) is 0.394. The summed E-state index contributed by atoms with van der Waals surface area (Å²) in [4.78, 5) is 10.7. The Hall–Kier alpha value is -1.75. The lowest BCUT2D eigenvalue weighted by Gasteiger charge is -2.12. The van der Waals surface area contributed by atoms with Crippen molar-refractivity contribution >= 4 is 5.97 Å². The number of hydrogen-bond acceptors (Lipinski definition) is 4. The Morgan fingerprint density at radius 3 is 2.53 bits per heavy atom. The van der Waals surface area contributed by atoms with E-state index in [2.05, 4.69) is 5.32 Å². The van der Waals surface area contributed by atoms with Crippen molar-refractivity contribution in [2.24, 2.45) is 0 Å². The third-order valence-corrected chi connectivity index (χ3v) is 2.75. The molecule has 1 saturated heterocycles. The van der Waals surface area contributed by atoms with E-state index >= 15 is 0 Å². The first kappa shape index (κ1) is 11.7. The van der Waals surface area contributed by atoms with E-state index in [4.69, 9.17) is 14.6 Å². The number of rotatable bonds is 4. The van der Waals surface area contributed by atoms with Crippen LogP contribution in [0, 0.1) is 0 Å². The van der Waals surface area contributed by atoms with Gasteiger partial charge in [0.1, 0.15) is 23.6 Å². The van der Waals surface area contributed by atoms with Crippen molar-refractivity contribution in [1.82, 2.24) is 5.32 Å². The van der Waals surface area contributed by atoms with Crippen molar-refractivity contribution in [3.05, 3.63) is 24.3 Å². The van der Waals surface area contributed by atoms with Crippen molar-refractivity contribution in [3.63, 3.8) is 0 Å². The largest absolute Gasteiger partial charge is 0.497 e. The zero-order valence-electron chi connectivity index (χ0n) is 9.55. The first-order valence-electron chi connectivity index (χ1n) is 5.46. The Kier molecular flexibility index (Phi) is 3.49. The zero-order chi connectivity index (χ0) is 12.3. The SMILES string of the molecule is COc1ccc(OC2CNC(C(=O)O)C2)cc1. The number of nitrogens with one attached hydrogen (secondary N) is 1. The number of carbonyl (C=O) groups is 1. The van der Waals surface area contributed by atoms with Crippen LogP contribution in [0.3, 0.4) is 0 Å². The smallest absolute Gasteiger partial charge is 0.320 e. The average Bonchev–Trinajstić information content (AvgIpc) is 2.79. The molecule has 0 radical (unpaired) electrons. The summed E-state index contributed by atoms with van der Waals surface area (Å²) < 4.78 is 10.7. The molecule has 2 N–H and O–H groups in total. The van der Waals surface area contributed by atoms with Crippen molar-refractivity contribution in [1.29, 1.82) is 0 Å². The monoisotopic (exact) mass is 237 g/mol. The van der Waals surface area contributed by atoms with Crippen LogP contribution in [0.15, 0.2) is 24.3 Å². The first-order chi connectivity index (χ1) is 8.19. The molecule has 0 amide bonds. The van der Waals surface area contributed by atoms with E-state index in [1.807, 2.05) is 24.3 Å². The predicted molar refractivity (Wildman–Crippen MR) is 61.5 cm³/mol. The van der Waals surface area contributed by atoms with Gasteiger partial charge in [-0.05, 0) is 24.3 Å². The van der Waals surface area contributed by atoms with E-state index < -0.39 is 12.0 Å². The minimum absolute atomic E-state index is 0.0931. The molecule has 2 unspecified atom stereocenters. The molecular formula is C12H15NO4. The summed E-state index contributed by atoms with van der Waals surface area (Å²) in [6.45, 7) is 0.559. The summed E-state index contributed by atoms with van der Waals surface area (Å²) in [5.41, 5.74) is 0. The minimum atomic E-state index is -0.828. The third-order valence-electron chi connectivity index (χ3n) is 2.75. The zero-order valence-corrected chi connectivity index (χ0v) is 9.55. The summed E-state index contributed by atoms with van der Waals surface area (Å²) in [5, 5.41) is 11.7. The molecule has 0 spiro atoms. The fraction of sp³-hybridized carbons (Fsp3) is 0.417. The fourth-order valence-corrected chi connectivity index (χ4v) is 1.83. The molecule has 0 aromatic heterocycles. The molecule has 0 bridgehead atoms. The maximum atomic E-state index is 10.7. The second-order valence-corrected chi connectivity index (χ2v) is 3.95. The van der Waals surface area contributed by atoms with Crippen LogP contribution in [0.25, 0.3) is 0 Å². The minimum Gasteiger partial charge on any atom is -0.497 e. The standard InChI is InChI=1S/C12H15NO4/c1-16-8-2-4-9(5-3-8)17-10-6-11(12(14)15)13-7-10/h2-5,10-11,13H,6-7H2,1H3,(H,14,15). The maximum Gasteiger partial charge on any atom is 0.320 e. The van der Waals surface area contributed by atoms with Crippen LogP contribution in [0.2, 0.25) is 0 Å². The lowest BCUT2D eigenvalue weighted by molar-refractivity contribution is -0.139.